The number of carbonyl (C=O) groups excluding carboxylic acids is 1. The number of benzene rings is 1. The van der Waals surface area contributed by atoms with E-state index in [0.29, 0.717) is 0 Å². The van der Waals surface area contributed by atoms with Gasteiger partial charge in [0, 0.05) is 6.92 Å². The van der Waals surface area contributed by atoms with Crippen LogP contribution in [0.2, 0.25) is 0 Å². The molecule has 0 fully saturated rings. The molecule has 0 saturated heterocycles. The van der Waals surface area contributed by atoms with Gasteiger partial charge in [0.15, 0.2) is 0 Å². The van der Waals surface area contributed by atoms with E-state index < -0.39 is 0 Å². The Morgan fingerprint density at radius 3 is 2.46 bits per heavy atom. The van der Waals surface area contributed by atoms with Crippen molar-refractivity contribution >= 4 is 12.0 Å². The average Bonchev–Trinajstić information content (AvgIpc) is 2.08. The Balaban J connectivity index is 2.59. The lowest BCUT2D eigenvalue weighted by Gasteiger charge is -1.94. The monoisotopic (exact) mass is 176 g/mol. The maximum absolute atomic E-state index is 10.4. The largest absolute Gasteiger partial charge is 0.435 e. The number of aryl methyl sites for hydroxylation is 1. The predicted molar refractivity (Wildman–Crippen MR) is 52.0 cm³/mol. The normalized spacial score (nSPS) is 10.3. The molecule has 0 aliphatic carbocycles. The summed E-state index contributed by atoms with van der Waals surface area (Å²) in [6, 6.07) is 7.95. The van der Waals surface area contributed by atoms with Crippen LogP contribution in [0.3, 0.4) is 0 Å². The quantitative estimate of drug-likeness (QED) is 0.511. The van der Waals surface area contributed by atoms with Crippen molar-refractivity contribution in [2.24, 2.45) is 0 Å². The molecule has 0 atom stereocenters. The molecule has 0 heterocycles. The Morgan fingerprint density at radius 2 is 1.92 bits per heavy atom. The van der Waals surface area contributed by atoms with Gasteiger partial charge < -0.3 is 4.74 Å². The summed E-state index contributed by atoms with van der Waals surface area (Å²) in [6.45, 7) is 3.40. The molecule has 0 aliphatic heterocycles. The van der Waals surface area contributed by atoms with Gasteiger partial charge in [0.05, 0.1) is 6.26 Å². The number of esters is 1. The zero-order valence-electron chi connectivity index (χ0n) is 7.78. The Kier molecular flexibility index (Phi) is 3.26. The van der Waals surface area contributed by atoms with Gasteiger partial charge in [-0.15, -0.1) is 0 Å². The molecular formula is C11H12O2. The van der Waals surface area contributed by atoms with Crippen LogP contribution in [0.4, 0.5) is 0 Å². The van der Waals surface area contributed by atoms with Crippen molar-refractivity contribution in [3.05, 3.63) is 41.7 Å². The van der Waals surface area contributed by atoms with Gasteiger partial charge in [0.2, 0.25) is 0 Å². The fourth-order valence-electron chi connectivity index (χ4n) is 0.886. The van der Waals surface area contributed by atoms with E-state index in [0.717, 1.165) is 5.56 Å². The van der Waals surface area contributed by atoms with Gasteiger partial charge in [0.25, 0.3) is 0 Å². The van der Waals surface area contributed by atoms with E-state index >= 15 is 0 Å². The highest BCUT2D eigenvalue weighted by atomic mass is 16.5. The van der Waals surface area contributed by atoms with Crippen LogP contribution in [-0.4, -0.2) is 5.97 Å². The van der Waals surface area contributed by atoms with E-state index in [1.54, 1.807) is 6.08 Å². The lowest BCUT2D eigenvalue weighted by molar-refractivity contribution is -0.135. The lowest BCUT2D eigenvalue weighted by atomic mass is 10.1. The highest BCUT2D eigenvalue weighted by molar-refractivity contribution is 5.67. The van der Waals surface area contributed by atoms with Crippen LogP contribution in [0.5, 0.6) is 0 Å². The van der Waals surface area contributed by atoms with Gasteiger partial charge in [-0.05, 0) is 18.6 Å². The molecular weight excluding hydrogens is 164 g/mol. The van der Waals surface area contributed by atoms with Crippen molar-refractivity contribution in [2.45, 2.75) is 13.8 Å². The predicted octanol–water partition coefficient (Wildman–Crippen LogP) is 2.53. The topological polar surface area (TPSA) is 26.3 Å². The minimum Gasteiger partial charge on any atom is -0.435 e. The highest BCUT2D eigenvalue weighted by Gasteiger charge is 1.87. The van der Waals surface area contributed by atoms with E-state index in [4.69, 9.17) is 0 Å². The van der Waals surface area contributed by atoms with E-state index in [2.05, 4.69) is 4.74 Å². The van der Waals surface area contributed by atoms with Gasteiger partial charge >= 0.3 is 5.97 Å². The summed E-state index contributed by atoms with van der Waals surface area (Å²) in [5.74, 6) is -0.302. The molecule has 13 heavy (non-hydrogen) atoms. The summed E-state index contributed by atoms with van der Waals surface area (Å²) in [5.41, 5.74) is 2.23. The fraction of sp³-hybridized carbons (Fsp3) is 0.182. The highest BCUT2D eigenvalue weighted by Crippen LogP contribution is 2.04. The molecule has 2 heteroatoms. The van der Waals surface area contributed by atoms with Gasteiger partial charge in [-0.25, -0.2) is 0 Å². The van der Waals surface area contributed by atoms with Crippen molar-refractivity contribution in [2.75, 3.05) is 0 Å². The van der Waals surface area contributed by atoms with Gasteiger partial charge in [0.1, 0.15) is 0 Å². The Hall–Kier alpha value is -1.57. The van der Waals surface area contributed by atoms with E-state index in [1.165, 1.54) is 18.7 Å². The van der Waals surface area contributed by atoms with Crippen molar-refractivity contribution in [3.8, 4) is 0 Å². The van der Waals surface area contributed by atoms with Crippen molar-refractivity contribution in [1.82, 2.24) is 0 Å². The third-order valence-electron chi connectivity index (χ3n) is 1.57. The van der Waals surface area contributed by atoms with Crippen LogP contribution in [0.25, 0.3) is 6.08 Å². The van der Waals surface area contributed by atoms with Gasteiger partial charge in [-0.1, -0.05) is 29.8 Å². The van der Waals surface area contributed by atoms with E-state index in [9.17, 15) is 4.79 Å². The van der Waals surface area contributed by atoms with Crippen molar-refractivity contribution in [1.29, 1.82) is 0 Å². The van der Waals surface area contributed by atoms with E-state index in [-0.39, 0.29) is 5.97 Å². The number of rotatable bonds is 2. The molecule has 68 valence electrons. The molecule has 0 saturated carbocycles. The molecule has 2 nitrogen and oxygen atoms in total. The standard InChI is InChI=1S/C11H12O2/c1-9-3-5-11(6-4-9)7-8-13-10(2)12/h3-8H,1-2H3/b8-7+. The first-order chi connectivity index (χ1) is 6.18. The second-order valence-corrected chi connectivity index (χ2v) is 2.82. The van der Waals surface area contributed by atoms with Gasteiger partial charge in [-0.3, -0.25) is 4.79 Å². The lowest BCUT2D eigenvalue weighted by Crippen LogP contribution is -1.89. The van der Waals surface area contributed by atoms with Gasteiger partial charge in [-0.2, -0.15) is 0 Å². The summed E-state index contributed by atoms with van der Waals surface area (Å²) in [6.07, 6.45) is 3.15. The third kappa shape index (κ3) is 3.56. The maximum atomic E-state index is 10.4. The zero-order valence-corrected chi connectivity index (χ0v) is 7.78. The van der Waals surface area contributed by atoms with Crippen molar-refractivity contribution < 1.29 is 9.53 Å². The molecule has 0 radical (unpaired) electrons. The van der Waals surface area contributed by atoms with Crippen LogP contribution in [0.15, 0.2) is 30.5 Å². The molecule has 1 aromatic carbocycles. The molecule has 0 amide bonds. The summed E-state index contributed by atoms with van der Waals surface area (Å²) in [7, 11) is 0. The first-order valence-electron chi connectivity index (χ1n) is 4.09. The minimum absolute atomic E-state index is 0.302. The molecule has 0 bridgehead atoms. The molecule has 1 rings (SSSR count). The smallest absolute Gasteiger partial charge is 0.307 e. The molecule has 0 aliphatic rings. The second kappa shape index (κ2) is 4.45. The summed E-state index contributed by atoms with van der Waals surface area (Å²) < 4.78 is 4.66. The molecule has 0 unspecified atom stereocenters. The minimum atomic E-state index is -0.302. The first kappa shape index (κ1) is 9.52. The summed E-state index contributed by atoms with van der Waals surface area (Å²) in [5, 5.41) is 0. The Morgan fingerprint density at radius 1 is 1.31 bits per heavy atom. The average molecular weight is 176 g/mol. The molecule has 0 aromatic heterocycles. The number of ether oxygens (including phenoxy) is 1. The van der Waals surface area contributed by atoms with E-state index in [1.807, 2.05) is 31.2 Å². The number of hydrogen-bond acceptors (Lipinski definition) is 2. The molecule has 1 aromatic rings. The Labute approximate surface area is 77.8 Å². The summed E-state index contributed by atoms with van der Waals surface area (Å²) in [4.78, 5) is 10.4. The first-order valence-corrected chi connectivity index (χ1v) is 4.09. The number of carbonyl (C=O) groups is 1. The second-order valence-electron chi connectivity index (χ2n) is 2.82. The van der Waals surface area contributed by atoms with Crippen LogP contribution in [0, 0.1) is 6.92 Å². The SMILES string of the molecule is CC(=O)O/C=C/c1ccc(C)cc1. The number of hydrogen-bond donors (Lipinski definition) is 0. The van der Waals surface area contributed by atoms with Crippen LogP contribution >= 0.6 is 0 Å². The van der Waals surface area contributed by atoms with Crippen molar-refractivity contribution in [3.63, 3.8) is 0 Å². The summed E-state index contributed by atoms with van der Waals surface area (Å²) >= 11 is 0. The third-order valence-corrected chi connectivity index (χ3v) is 1.57. The van der Waals surface area contributed by atoms with Crippen LogP contribution in [-0.2, 0) is 9.53 Å². The molecule has 0 spiro atoms. The Bertz CT molecular complexity index is 309. The fourth-order valence-corrected chi connectivity index (χ4v) is 0.886. The molecule has 0 N–H and O–H groups in total. The zero-order chi connectivity index (χ0) is 9.68. The van der Waals surface area contributed by atoms with Crippen LogP contribution in [0.1, 0.15) is 18.1 Å². The maximum Gasteiger partial charge on any atom is 0.307 e. The van der Waals surface area contributed by atoms with Crippen LogP contribution < -0.4 is 0 Å².